The van der Waals surface area contributed by atoms with E-state index in [1.54, 1.807) is 18.2 Å². The highest BCUT2D eigenvalue weighted by molar-refractivity contribution is 9.10. The second-order valence-corrected chi connectivity index (χ2v) is 9.83. The van der Waals surface area contributed by atoms with E-state index in [0.29, 0.717) is 34.7 Å². The van der Waals surface area contributed by atoms with Crippen molar-refractivity contribution in [2.24, 2.45) is 0 Å². The Labute approximate surface area is 238 Å². The molecule has 0 bridgehead atoms. The zero-order valence-corrected chi connectivity index (χ0v) is 23.1. The van der Waals surface area contributed by atoms with E-state index in [1.807, 2.05) is 49.4 Å². The van der Waals surface area contributed by atoms with Gasteiger partial charge in [-0.25, -0.2) is 9.29 Å². The van der Waals surface area contributed by atoms with Gasteiger partial charge in [-0.15, -0.1) is 0 Å². The molecule has 0 atom stereocenters. The number of nitrogens with zero attached hydrogens (tertiary/aromatic N) is 1. The van der Waals surface area contributed by atoms with E-state index in [2.05, 4.69) is 21.2 Å². The highest BCUT2D eigenvalue weighted by Gasteiger charge is 2.35. The van der Waals surface area contributed by atoms with E-state index in [-0.39, 0.29) is 16.4 Å². The lowest BCUT2D eigenvalue weighted by atomic mass is 10.1. The van der Waals surface area contributed by atoms with Crippen LogP contribution < -0.4 is 19.7 Å². The molecule has 0 unspecified atom stereocenters. The Kier molecular flexibility index (Phi) is 7.72. The Morgan fingerprint density at radius 2 is 1.69 bits per heavy atom. The van der Waals surface area contributed by atoms with Crippen molar-refractivity contribution in [2.75, 3.05) is 11.5 Å². The van der Waals surface area contributed by atoms with Crippen molar-refractivity contribution in [3.63, 3.8) is 0 Å². The minimum Gasteiger partial charge on any atom is -0.490 e. The number of anilines is 1. The van der Waals surface area contributed by atoms with Gasteiger partial charge in [-0.2, -0.15) is 0 Å². The van der Waals surface area contributed by atoms with E-state index < -0.39 is 17.6 Å². The lowest BCUT2D eigenvalue weighted by Crippen LogP contribution is -2.54. The van der Waals surface area contributed by atoms with Gasteiger partial charge < -0.3 is 9.47 Å². The van der Waals surface area contributed by atoms with Crippen molar-refractivity contribution in [1.29, 1.82) is 0 Å². The van der Waals surface area contributed by atoms with Crippen molar-refractivity contribution in [3.05, 3.63) is 106 Å². The monoisotopic (exact) mass is 604 g/mol. The molecule has 1 fully saturated rings. The largest absolute Gasteiger partial charge is 0.490 e. The van der Waals surface area contributed by atoms with Crippen molar-refractivity contribution < 1.29 is 23.5 Å². The number of hydrogen-bond acceptors (Lipinski definition) is 5. The molecule has 4 aromatic carbocycles. The number of halogens is 2. The maximum atomic E-state index is 14.5. The summed E-state index contributed by atoms with van der Waals surface area (Å²) in [5.74, 6) is -1.13. The van der Waals surface area contributed by atoms with Crippen molar-refractivity contribution >= 4 is 67.6 Å². The summed E-state index contributed by atoms with van der Waals surface area (Å²) >= 11 is 8.70. The van der Waals surface area contributed by atoms with E-state index in [9.17, 15) is 14.0 Å². The highest BCUT2D eigenvalue weighted by atomic mass is 79.9. The molecule has 1 heterocycles. The summed E-state index contributed by atoms with van der Waals surface area (Å²) in [6, 6.07) is 23.2. The number of ether oxygens (including phenoxy) is 2. The lowest BCUT2D eigenvalue weighted by Gasteiger charge is -2.29. The first kappa shape index (κ1) is 26.5. The molecule has 196 valence electrons. The summed E-state index contributed by atoms with van der Waals surface area (Å²) < 4.78 is 27.0. The Morgan fingerprint density at radius 1 is 0.974 bits per heavy atom. The minimum atomic E-state index is -0.741. The first-order valence-corrected chi connectivity index (χ1v) is 13.3. The molecule has 4 aromatic rings. The third kappa shape index (κ3) is 5.41. The van der Waals surface area contributed by atoms with E-state index in [0.717, 1.165) is 21.2 Å². The number of amides is 2. The number of benzene rings is 4. The number of carbonyl (C=O) groups excluding carboxylic acids is 2. The van der Waals surface area contributed by atoms with Crippen molar-refractivity contribution in [2.45, 2.75) is 13.5 Å². The summed E-state index contributed by atoms with van der Waals surface area (Å²) in [5, 5.41) is 4.49. The van der Waals surface area contributed by atoms with Crippen LogP contribution in [-0.2, 0) is 16.2 Å². The van der Waals surface area contributed by atoms with E-state index in [1.165, 1.54) is 24.3 Å². The molecule has 39 heavy (non-hydrogen) atoms. The van der Waals surface area contributed by atoms with Gasteiger partial charge >= 0.3 is 0 Å². The smallest absolute Gasteiger partial charge is 0.270 e. The standard InChI is InChI=1S/C30H22BrFN2O4S/c1-2-37-26-15-20(14-22-28(35)33-30(39)34(29(22)36)25-13-6-5-12-24(25)32)23(31)16-27(26)38-17-19-10-7-9-18-8-3-4-11-21(18)19/h3-16H,2,17H2,1H3,(H,33,35,39)/b22-14+. The number of para-hydroxylation sites is 1. The van der Waals surface area contributed by atoms with Crippen LogP contribution in [0.3, 0.4) is 0 Å². The maximum Gasteiger partial charge on any atom is 0.270 e. The fraction of sp³-hybridized carbons (Fsp3) is 0.100. The third-order valence-electron chi connectivity index (χ3n) is 6.12. The molecule has 1 aliphatic heterocycles. The molecule has 0 aromatic heterocycles. The normalized spacial score (nSPS) is 14.6. The molecule has 1 aliphatic rings. The van der Waals surface area contributed by atoms with Crippen LogP contribution in [0.4, 0.5) is 10.1 Å². The number of thiocarbonyl (C=S) groups is 1. The predicted octanol–water partition coefficient (Wildman–Crippen LogP) is 6.55. The predicted molar refractivity (Wildman–Crippen MR) is 156 cm³/mol. The molecule has 0 radical (unpaired) electrons. The summed E-state index contributed by atoms with van der Waals surface area (Å²) in [4.78, 5) is 27.1. The quantitative estimate of drug-likeness (QED) is 0.147. The maximum absolute atomic E-state index is 14.5. The number of nitrogens with one attached hydrogen (secondary N) is 1. The summed E-state index contributed by atoms with van der Waals surface area (Å²) in [6.45, 7) is 2.53. The minimum absolute atomic E-state index is 0.0512. The van der Waals surface area contributed by atoms with E-state index in [4.69, 9.17) is 21.7 Å². The average molecular weight is 605 g/mol. The summed E-state index contributed by atoms with van der Waals surface area (Å²) in [6.07, 6.45) is 1.41. The molecule has 0 saturated carbocycles. The van der Waals surface area contributed by atoms with E-state index >= 15 is 0 Å². The number of carbonyl (C=O) groups is 2. The SMILES string of the molecule is CCOc1cc(/C=C2\C(=O)NC(=S)N(c3ccccc3F)C2=O)c(Br)cc1OCc1cccc2ccccc12. The van der Waals surface area contributed by atoms with Crippen LogP contribution in [0.5, 0.6) is 11.5 Å². The van der Waals surface area contributed by atoms with Crippen molar-refractivity contribution in [1.82, 2.24) is 5.32 Å². The second-order valence-electron chi connectivity index (χ2n) is 8.59. The first-order chi connectivity index (χ1) is 18.9. The molecule has 0 aliphatic carbocycles. The average Bonchev–Trinajstić information content (AvgIpc) is 2.92. The van der Waals surface area contributed by atoms with Crippen LogP contribution >= 0.6 is 28.1 Å². The van der Waals surface area contributed by atoms with Crippen LogP contribution in [0.15, 0.2) is 88.9 Å². The summed E-state index contributed by atoms with van der Waals surface area (Å²) in [7, 11) is 0. The molecule has 0 spiro atoms. The van der Waals surface area contributed by atoms with Crippen LogP contribution in [0.2, 0.25) is 0 Å². The molecule has 5 rings (SSSR count). The lowest BCUT2D eigenvalue weighted by molar-refractivity contribution is -0.122. The van der Waals surface area contributed by atoms with Gasteiger partial charge in [-0.3, -0.25) is 14.9 Å². The molecule has 1 N–H and O–H groups in total. The van der Waals surface area contributed by atoms with Crippen LogP contribution in [0.1, 0.15) is 18.1 Å². The van der Waals surface area contributed by atoms with Crippen LogP contribution in [0, 0.1) is 5.82 Å². The number of fused-ring (bicyclic) bond motifs is 1. The van der Waals surface area contributed by atoms with Gasteiger partial charge in [0.1, 0.15) is 18.0 Å². The number of rotatable bonds is 7. The Morgan fingerprint density at radius 3 is 2.49 bits per heavy atom. The van der Waals surface area contributed by atoms with Gasteiger partial charge in [0.05, 0.1) is 12.3 Å². The molecule has 9 heteroatoms. The fourth-order valence-corrected chi connectivity index (χ4v) is 4.99. The van der Waals surface area contributed by atoms with Gasteiger partial charge in [0.2, 0.25) is 0 Å². The van der Waals surface area contributed by atoms with Crippen LogP contribution in [-0.4, -0.2) is 23.5 Å². The zero-order chi connectivity index (χ0) is 27.5. The fourth-order valence-electron chi connectivity index (χ4n) is 4.28. The number of hydrogen-bond donors (Lipinski definition) is 1. The van der Waals surface area contributed by atoms with Crippen LogP contribution in [0.25, 0.3) is 16.8 Å². The van der Waals surface area contributed by atoms with Gasteiger partial charge in [0, 0.05) is 4.47 Å². The van der Waals surface area contributed by atoms with Gasteiger partial charge in [0.25, 0.3) is 11.8 Å². The molecular weight excluding hydrogens is 583 g/mol. The van der Waals surface area contributed by atoms with Gasteiger partial charge in [-0.1, -0.05) is 70.5 Å². The Bertz CT molecular complexity index is 1650. The molecular formula is C30H22BrFN2O4S. The topological polar surface area (TPSA) is 67.9 Å². The highest BCUT2D eigenvalue weighted by Crippen LogP contribution is 2.36. The van der Waals surface area contributed by atoms with Crippen molar-refractivity contribution in [3.8, 4) is 11.5 Å². The molecule has 2 amide bonds. The Balaban J connectivity index is 1.47. The Hall–Kier alpha value is -4.08. The first-order valence-electron chi connectivity index (χ1n) is 12.1. The third-order valence-corrected chi connectivity index (χ3v) is 7.09. The molecule has 1 saturated heterocycles. The molecule has 6 nitrogen and oxygen atoms in total. The summed E-state index contributed by atoms with van der Waals surface area (Å²) in [5.41, 5.74) is 1.26. The van der Waals surface area contributed by atoms with Gasteiger partial charge in [0.15, 0.2) is 16.6 Å². The second kappa shape index (κ2) is 11.3. The van der Waals surface area contributed by atoms with Gasteiger partial charge in [-0.05, 0) is 71.4 Å². The zero-order valence-electron chi connectivity index (χ0n) is 20.7.